The molecule has 0 rings (SSSR count). The van der Waals surface area contributed by atoms with Crippen LogP contribution in [0.2, 0.25) is 0 Å². The fourth-order valence-corrected chi connectivity index (χ4v) is 0.881. The van der Waals surface area contributed by atoms with E-state index in [4.69, 9.17) is 5.11 Å². The van der Waals surface area contributed by atoms with E-state index in [1.54, 1.807) is 0 Å². The van der Waals surface area contributed by atoms with Crippen LogP contribution in [0.25, 0.3) is 0 Å². The molecule has 0 aliphatic carbocycles. The Kier molecular flexibility index (Phi) is 14.9. The Morgan fingerprint density at radius 2 is 1.82 bits per heavy atom. The molecular formula is C9H20O2. The highest BCUT2D eigenvalue weighted by molar-refractivity contribution is 4.80. The molecule has 0 bridgehead atoms. The van der Waals surface area contributed by atoms with Crippen molar-refractivity contribution in [1.29, 1.82) is 0 Å². The van der Waals surface area contributed by atoms with E-state index in [0.717, 1.165) is 6.42 Å². The van der Waals surface area contributed by atoms with Crippen molar-refractivity contribution < 1.29 is 10.6 Å². The number of hydrogen-bond acceptors (Lipinski definition) is 1. The van der Waals surface area contributed by atoms with E-state index in [-0.39, 0.29) is 12.1 Å². The molecular weight excluding hydrogens is 140 g/mol. The average Bonchev–Trinajstić information content (AvgIpc) is 1.97. The number of unbranched alkanes of at least 4 members (excludes halogenated alkanes) is 4. The zero-order chi connectivity index (χ0) is 7.66. The van der Waals surface area contributed by atoms with Gasteiger partial charge in [-0.25, -0.2) is 0 Å². The lowest BCUT2D eigenvalue weighted by atomic mass is 10.1. The summed E-state index contributed by atoms with van der Waals surface area (Å²) in [5.74, 6) is 0. The summed E-state index contributed by atoms with van der Waals surface area (Å²) in [4.78, 5) is 0. The van der Waals surface area contributed by atoms with E-state index < -0.39 is 0 Å². The molecule has 0 heterocycles. The van der Waals surface area contributed by atoms with Gasteiger partial charge in [0.25, 0.3) is 0 Å². The molecule has 0 amide bonds. The van der Waals surface area contributed by atoms with Crippen LogP contribution >= 0.6 is 0 Å². The van der Waals surface area contributed by atoms with Crippen LogP contribution in [0, 0.1) is 0 Å². The maximum atomic E-state index is 8.38. The topological polar surface area (TPSA) is 51.7 Å². The third-order valence-electron chi connectivity index (χ3n) is 1.50. The zero-order valence-electron chi connectivity index (χ0n) is 7.34. The zero-order valence-corrected chi connectivity index (χ0v) is 7.34. The number of hydrogen-bond donors (Lipinski definition) is 1. The predicted octanol–water partition coefficient (Wildman–Crippen LogP) is 1.68. The lowest BCUT2D eigenvalue weighted by Gasteiger charge is -1.92. The van der Waals surface area contributed by atoms with Crippen molar-refractivity contribution in [3.8, 4) is 0 Å². The summed E-state index contributed by atoms with van der Waals surface area (Å²) in [5.41, 5.74) is 0. The van der Waals surface area contributed by atoms with Gasteiger partial charge in [-0.15, -0.1) is 0 Å². The van der Waals surface area contributed by atoms with Crippen LogP contribution in [-0.4, -0.2) is 17.2 Å². The highest BCUT2D eigenvalue weighted by atomic mass is 16.2. The minimum atomic E-state index is 0. The van der Waals surface area contributed by atoms with E-state index in [1.807, 2.05) is 6.08 Å². The van der Waals surface area contributed by atoms with Gasteiger partial charge in [-0.3, -0.25) is 0 Å². The molecule has 0 spiro atoms. The lowest BCUT2D eigenvalue weighted by Crippen LogP contribution is -1.75. The minimum Gasteiger partial charge on any atom is -0.412 e. The van der Waals surface area contributed by atoms with Crippen LogP contribution in [0.1, 0.15) is 39.0 Å². The quantitative estimate of drug-likeness (QED) is 0.466. The number of rotatable bonds is 6. The third-order valence-corrected chi connectivity index (χ3v) is 1.50. The van der Waals surface area contributed by atoms with Gasteiger partial charge in [0.1, 0.15) is 0 Å². The summed E-state index contributed by atoms with van der Waals surface area (Å²) in [7, 11) is 0. The van der Waals surface area contributed by atoms with Crippen LogP contribution in [0.15, 0.2) is 12.2 Å². The number of allylic oxidation sites excluding steroid dienone is 1. The molecule has 0 radical (unpaired) electrons. The normalized spacial score (nSPS) is 10.0. The molecule has 0 fully saturated rings. The Balaban J connectivity index is 0. The summed E-state index contributed by atoms with van der Waals surface area (Å²) in [6.45, 7) is 2.40. The van der Waals surface area contributed by atoms with Gasteiger partial charge in [-0.05, 0) is 12.8 Å². The Labute approximate surface area is 69.2 Å². The molecule has 0 aromatic rings. The van der Waals surface area contributed by atoms with Gasteiger partial charge in [0, 0.05) is 0 Å². The van der Waals surface area contributed by atoms with E-state index in [1.165, 1.54) is 25.7 Å². The van der Waals surface area contributed by atoms with Crippen LogP contribution < -0.4 is 0 Å². The van der Waals surface area contributed by atoms with Gasteiger partial charge >= 0.3 is 0 Å². The lowest BCUT2D eigenvalue weighted by molar-refractivity contribution is 0.342. The van der Waals surface area contributed by atoms with Crippen LogP contribution in [-0.2, 0) is 0 Å². The summed E-state index contributed by atoms with van der Waals surface area (Å²) in [5, 5.41) is 8.38. The van der Waals surface area contributed by atoms with Crippen molar-refractivity contribution in [2.75, 3.05) is 6.61 Å². The summed E-state index contributed by atoms with van der Waals surface area (Å²) >= 11 is 0. The van der Waals surface area contributed by atoms with Crippen LogP contribution in [0.5, 0.6) is 0 Å². The Morgan fingerprint density at radius 1 is 1.09 bits per heavy atom. The Hall–Kier alpha value is -0.340. The number of aliphatic hydroxyl groups excluding tert-OH is 1. The SMILES string of the molecule is CCCCCCC=CCO.O. The molecule has 0 aliphatic rings. The molecule has 0 atom stereocenters. The Morgan fingerprint density at radius 3 is 2.36 bits per heavy atom. The fourth-order valence-electron chi connectivity index (χ4n) is 0.881. The maximum absolute atomic E-state index is 8.38. The first kappa shape index (κ1) is 13.3. The molecule has 0 aromatic carbocycles. The number of aliphatic hydroxyl groups is 1. The molecule has 0 aromatic heterocycles. The van der Waals surface area contributed by atoms with Crippen molar-refractivity contribution in [3.63, 3.8) is 0 Å². The minimum absolute atomic E-state index is 0. The highest BCUT2D eigenvalue weighted by Gasteiger charge is 1.82. The third kappa shape index (κ3) is 12.8. The molecule has 3 N–H and O–H groups in total. The van der Waals surface area contributed by atoms with E-state index >= 15 is 0 Å². The van der Waals surface area contributed by atoms with Crippen molar-refractivity contribution >= 4 is 0 Å². The molecule has 0 aliphatic heterocycles. The second kappa shape index (κ2) is 12.3. The standard InChI is InChI=1S/C9H18O.H2O/c1-2-3-4-5-6-7-8-9-10;/h7-8,10H,2-6,9H2,1H3;1H2. The first-order chi connectivity index (χ1) is 4.91. The van der Waals surface area contributed by atoms with Gasteiger partial charge < -0.3 is 10.6 Å². The van der Waals surface area contributed by atoms with Crippen molar-refractivity contribution in [2.24, 2.45) is 0 Å². The predicted molar refractivity (Wildman–Crippen MR) is 48.6 cm³/mol. The van der Waals surface area contributed by atoms with Crippen molar-refractivity contribution in [1.82, 2.24) is 0 Å². The summed E-state index contributed by atoms with van der Waals surface area (Å²) in [6.07, 6.45) is 10.2. The van der Waals surface area contributed by atoms with E-state index in [2.05, 4.69) is 13.0 Å². The second-order valence-corrected chi connectivity index (χ2v) is 2.50. The van der Waals surface area contributed by atoms with E-state index in [0.29, 0.717) is 0 Å². The van der Waals surface area contributed by atoms with Gasteiger partial charge in [0.2, 0.25) is 0 Å². The largest absolute Gasteiger partial charge is 0.412 e. The molecule has 2 nitrogen and oxygen atoms in total. The maximum Gasteiger partial charge on any atom is 0.0612 e. The van der Waals surface area contributed by atoms with Gasteiger partial charge in [-0.1, -0.05) is 38.3 Å². The smallest absolute Gasteiger partial charge is 0.0612 e. The molecule has 11 heavy (non-hydrogen) atoms. The van der Waals surface area contributed by atoms with Gasteiger partial charge in [0.15, 0.2) is 0 Å². The first-order valence-corrected chi connectivity index (χ1v) is 4.17. The second-order valence-electron chi connectivity index (χ2n) is 2.50. The van der Waals surface area contributed by atoms with Gasteiger partial charge in [-0.2, -0.15) is 0 Å². The summed E-state index contributed by atoms with van der Waals surface area (Å²) in [6, 6.07) is 0. The molecule has 68 valence electrons. The molecule has 0 saturated heterocycles. The molecule has 0 unspecified atom stereocenters. The van der Waals surface area contributed by atoms with E-state index in [9.17, 15) is 0 Å². The molecule has 2 heteroatoms. The summed E-state index contributed by atoms with van der Waals surface area (Å²) < 4.78 is 0. The average molecular weight is 160 g/mol. The monoisotopic (exact) mass is 160 g/mol. The fraction of sp³-hybridized carbons (Fsp3) is 0.778. The van der Waals surface area contributed by atoms with Crippen molar-refractivity contribution in [2.45, 2.75) is 39.0 Å². The van der Waals surface area contributed by atoms with Crippen molar-refractivity contribution in [3.05, 3.63) is 12.2 Å². The highest BCUT2D eigenvalue weighted by Crippen LogP contribution is 2.02. The Bertz CT molecular complexity index is 79.6. The van der Waals surface area contributed by atoms with Crippen LogP contribution in [0.4, 0.5) is 0 Å². The van der Waals surface area contributed by atoms with Gasteiger partial charge in [0.05, 0.1) is 6.61 Å². The molecule has 0 saturated carbocycles. The van der Waals surface area contributed by atoms with Crippen LogP contribution in [0.3, 0.4) is 0 Å². The first-order valence-electron chi connectivity index (χ1n) is 4.17.